The van der Waals surface area contributed by atoms with Crippen LogP contribution in [0.3, 0.4) is 0 Å². The predicted octanol–water partition coefficient (Wildman–Crippen LogP) is 14.1. The largest absolute Gasteiger partial charge is 0.456 e. The second-order valence-corrected chi connectivity index (χ2v) is 13.2. The van der Waals surface area contributed by atoms with Crippen molar-refractivity contribution >= 4 is 93.3 Å². The van der Waals surface area contributed by atoms with Gasteiger partial charge >= 0.3 is 0 Å². The van der Waals surface area contributed by atoms with Crippen molar-refractivity contribution < 1.29 is 8.83 Å². The van der Waals surface area contributed by atoms with E-state index in [1.165, 1.54) is 32.3 Å². The summed E-state index contributed by atoms with van der Waals surface area (Å²) in [5.41, 5.74) is 8.83. The Morgan fingerprint density at radius 3 is 1.71 bits per heavy atom. The Morgan fingerprint density at radius 2 is 0.863 bits per heavy atom. The molecule has 238 valence electrons. The molecule has 2 heterocycles. The molecule has 51 heavy (non-hydrogen) atoms. The van der Waals surface area contributed by atoms with Gasteiger partial charge in [0.25, 0.3) is 0 Å². The van der Waals surface area contributed by atoms with Crippen LogP contribution >= 0.6 is 0 Å². The number of furan rings is 2. The smallest absolute Gasteiger partial charge is 0.145 e. The standard InChI is InChI=1S/C48H29NO2/c1-3-15-32-30(12-1)14-9-19-35(32)37-28-29-42(47-39-18-6-8-24-44(39)51-48(37)47)49(41-22-11-25-45-46(41)38-17-5-7-23-43(38)50-45)40-21-10-20-34-33-16-4-2-13-31(33)26-27-36(34)40/h1-29H. The van der Waals surface area contributed by atoms with Gasteiger partial charge in [-0.2, -0.15) is 0 Å². The fraction of sp³-hybridized carbons (Fsp3) is 0. The normalized spacial score (nSPS) is 11.9. The average molecular weight is 652 g/mol. The molecule has 0 amide bonds. The van der Waals surface area contributed by atoms with Gasteiger partial charge in [0.15, 0.2) is 0 Å². The Kier molecular flexibility index (Phi) is 5.96. The highest BCUT2D eigenvalue weighted by atomic mass is 16.3. The quantitative estimate of drug-likeness (QED) is 0.177. The van der Waals surface area contributed by atoms with Crippen molar-refractivity contribution in [3.8, 4) is 11.1 Å². The first-order valence-electron chi connectivity index (χ1n) is 17.4. The lowest BCUT2D eigenvalue weighted by molar-refractivity contribution is 0.669. The van der Waals surface area contributed by atoms with Crippen LogP contribution in [-0.2, 0) is 0 Å². The van der Waals surface area contributed by atoms with E-state index in [9.17, 15) is 0 Å². The van der Waals surface area contributed by atoms with E-state index in [-0.39, 0.29) is 0 Å². The van der Waals surface area contributed by atoms with Gasteiger partial charge in [0, 0.05) is 21.7 Å². The lowest BCUT2D eigenvalue weighted by atomic mass is 9.95. The van der Waals surface area contributed by atoms with Crippen LogP contribution in [0.4, 0.5) is 17.1 Å². The number of rotatable bonds is 4. The van der Waals surface area contributed by atoms with Gasteiger partial charge in [-0.05, 0) is 75.0 Å². The fourth-order valence-electron chi connectivity index (χ4n) is 8.22. The van der Waals surface area contributed by atoms with Gasteiger partial charge in [-0.25, -0.2) is 0 Å². The molecule has 0 bridgehead atoms. The van der Waals surface area contributed by atoms with Crippen LogP contribution < -0.4 is 4.90 Å². The molecular formula is C48H29NO2. The third-order valence-electron chi connectivity index (χ3n) is 10.5. The molecule has 0 aliphatic rings. The third-order valence-corrected chi connectivity index (χ3v) is 10.5. The molecule has 0 saturated heterocycles. The highest BCUT2D eigenvalue weighted by Gasteiger charge is 2.26. The number of para-hydroxylation sites is 2. The summed E-state index contributed by atoms with van der Waals surface area (Å²) in [5.74, 6) is 0. The summed E-state index contributed by atoms with van der Waals surface area (Å²) in [7, 11) is 0. The minimum absolute atomic E-state index is 0.852. The van der Waals surface area contributed by atoms with Gasteiger partial charge in [0.05, 0.1) is 27.8 Å². The van der Waals surface area contributed by atoms with Crippen molar-refractivity contribution in [2.45, 2.75) is 0 Å². The fourth-order valence-corrected chi connectivity index (χ4v) is 8.22. The third kappa shape index (κ3) is 4.12. The van der Waals surface area contributed by atoms with E-state index in [1.807, 2.05) is 18.2 Å². The molecule has 2 aromatic heterocycles. The van der Waals surface area contributed by atoms with Crippen molar-refractivity contribution in [2.24, 2.45) is 0 Å². The van der Waals surface area contributed by atoms with Gasteiger partial charge in [0.1, 0.15) is 22.3 Å². The monoisotopic (exact) mass is 651 g/mol. The molecule has 0 saturated carbocycles. The lowest BCUT2D eigenvalue weighted by Crippen LogP contribution is -2.11. The molecule has 9 aromatic carbocycles. The maximum absolute atomic E-state index is 6.89. The van der Waals surface area contributed by atoms with Crippen molar-refractivity contribution in [2.75, 3.05) is 4.90 Å². The van der Waals surface area contributed by atoms with Crippen molar-refractivity contribution in [3.05, 3.63) is 176 Å². The topological polar surface area (TPSA) is 29.5 Å². The molecule has 3 nitrogen and oxygen atoms in total. The molecule has 0 spiro atoms. The molecule has 0 fully saturated rings. The zero-order valence-electron chi connectivity index (χ0n) is 27.5. The second-order valence-electron chi connectivity index (χ2n) is 13.2. The van der Waals surface area contributed by atoms with E-state index in [1.54, 1.807) is 0 Å². The molecule has 11 rings (SSSR count). The van der Waals surface area contributed by atoms with Gasteiger partial charge < -0.3 is 13.7 Å². The summed E-state index contributed by atoms with van der Waals surface area (Å²) in [5, 5.41) is 11.5. The number of hydrogen-bond acceptors (Lipinski definition) is 3. The molecule has 11 aromatic rings. The summed E-state index contributed by atoms with van der Waals surface area (Å²) in [6.07, 6.45) is 0. The molecular weight excluding hydrogens is 623 g/mol. The molecule has 0 aliphatic heterocycles. The summed E-state index contributed by atoms with van der Waals surface area (Å²) >= 11 is 0. The highest BCUT2D eigenvalue weighted by Crippen LogP contribution is 2.50. The Hall–Kier alpha value is -6.84. The zero-order chi connectivity index (χ0) is 33.5. The van der Waals surface area contributed by atoms with Gasteiger partial charge in [-0.3, -0.25) is 0 Å². The Morgan fingerprint density at radius 1 is 0.294 bits per heavy atom. The first kappa shape index (κ1) is 28.0. The Bertz CT molecular complexity index is 3160. The van der Waals surface area contributed by atoms with Crippen LogP contribution in [0.5, 0.6) is 0 Å². The summed E-state index contributed by atoms with van der Waals surface area (Å²) in [6.45, 7) is 0. The maximum Gasteiger partial charge on any atom is 0.145 e. The maximum atomic E-state index is 6.89. The minimum atomic E-state index is 0.852. The number of anilines is 3. The van der Waals surface area contributed by atoms with Crippen LogP contribution in [-0.4, -0.2) is 0 Å². The molecule has 0 unspecified atom stereocenters. The van der Waals surface area contributed by atoms with E-state index in [4.69, 9.17) is 8.83 Å². The Labute approximate surface area is 293 Å². The van der Waals surface area contributed by atoms with Crippen LogP contribution in [0, 0.1) is 0 Å². The van der Waals surface area contributed by atoms with Gasteiger partial charge in [-0.15, -0.1) is 0 Å². The summed E-state index contributed by atoms with van der Waals surface area (Å²) in [6, 6.07) is 62.5. The zero-order valence-corrected chi connectivity index (χ0v) is 27.5. The molecule has 3 heteroatoms. The summed E-state index contributed by atoms with van der Waals surface area (Å²) < 4.78 is 13.4. The SMILES string of the molecule is c1ccc2c(-c3ccc(N(c4cccc5c4ccc4ccccc45)c4cccc5oc6ccccc6c45)c4c3oc3ccccc34)cccc2c1. The number of nitrogens with zero attached hydrogens (tertiary/aromatic N) is 1. The number of benzene rings is 9. The van der Waals surface area contributed by atoms with Gasteiger partial charge in [-0.1, -0.05) is 133 Å². The van der Waals surface area contributed by atoms with Crippen molar-refractivity contribution in [1.29, 1.82) is 0 Å². The average Bonchev–Trinajstić information content (AvgIpc) is 3.78. The van der Waals surface area contributed by atoms with Gasteiger partial charge in [0.2, 0.25) is 0 Å². The highest BCUT2D eigenvalue weighted by molar-refractivity contribution is 6.22. The predicted molar refractivity (Wildman–Crippen MR) is 214 cm³/mol. The van der Waals surface area contributed by atoms with Crippen LogP contribution in [0.25, 0.3) is 87.3 Å². The first-order valence-corrected chi connectivity index (χ1v) is 17.4. The van der Waals surface area contributed by atoms with Crippen LogP contribution in [0.1, 0.15) is 0 Å². The van der Waals surface area contributed by atoms with E-state index in [0.29, 0.717) is 0 Å². The minimum Gasteiger partial charge on any atom is -0.456 e. The number of hydrogen-bond donors (Lipinski definition) is 0. The lowest BCUT2D eigenvalue weighted by Gasteiger charge is -2.29. The second kappa shape index (κ2) is 10.8. The van der Waals surface area contributed by atoms with E-state index in [0.717, 1.165) is 72.1 Å². The van der Waals surface area contributed by atoms with E-state index < -0.39 is 0 Å². The van der Waals surface area contributed by atoms with Crippen LogP contribution in [0.15, 0.2) is 185 Å². The van der Waals surface area contributed by atoms with E-state index >= 15 is 0 Å². The van der Waals surface area contributed by atoms with Crippen LogP contribution in [0.2, 0.25) is 0 Å². The van der Waals surface area contributed by atoms with E-state index in [2.05, 4.69) is 163 Å². The Balaban J connectivity index is 1.30. The summed E-state index contributed by atoms with van der Waals surface area (Å²) in [4.78, 5) is 2.43. The number of fused-ring (bicyclic) bond motifs is 10. The molecule has 0 aliphatic carbocycles. The molecule has 0 atom stereocenters. The van der Waals surface area contributed by atoms with Crippen molar-refractivity contribution in [3.63, 3.8) is 0 Å². The molecule has 0 radical (unpaired) electrons. The first-order chi connectivity index (χ1) is 25.3. The molecule has 0 N–H and O–H groups in total. The van der Waals surface area contributed by atoms with Crippen molar-refractivity contribution in [1.82, 2.24) is 0 Å².